The first-order chi connectivity index (χ1) is 12.4. The smallest absolute Gasteiger partial charge is 0.228 e. The maximum Gasteiger partial charge on any atom is 0.228 e. The molecule has 0 aromatic heterocycles. The SMILES string of the molecule is CC(=O)NSO.CC12CCC3c4ccc(O)cc4CCC3C1CCC2O. The van der Waals surface area contributed by atoms with Crippen LogP contribution in [0.3, 0.4) is 0 Å². The molecule has 3 aliphatic carbocycles. The number of phenols is 1. The summed E-state index contributed by atoms with van der Waals surface area (Å²) in [6.07, 6.45) is 6.78. The molecule has 5 unspecified atom stereocenters. The van der Waals surface area contributed by atoms with Gasteiger partial charge in [0.25, 0.3) is 0 Å². The zero-order valence-corrected chi connectivity index (χ0v) is 16.3. The third-order valence-corrected chi connectivity index (χ3v) is 7.23. The van der Waals surface area contributed by atoms with Crippen molar-refractivity contribution >= 4 is 18.1 Å². The van der Waals surface area contributed by atoms with Crippen molar-refractivity contribution in [2.24, 2.45) is 17.3 Å². The fraction of sp³-hybridized carbons (Fsp3) is 0.650. The number of nitrogens with one attached hydrogen (secondary N) is 1. The summed E-state index contributed by atoms with van der Waals surface area (Å²) in [5.74, 6) is 2.24. The van der Waals surface area contributed by atoms with Crippen molar-refractivity contribution in [3.05, 3.63) is 29.3 Å². The summed E-state index contributed by atoms with van der Waals surface area (Å²) in [5.41, 5.74) is 2.99. The highest BCUT2D eigenvalue weighted by Crippen LogP contribution is 2.60. The Morgan fingerprint density at radius 3 is 2.69 bits per heavy atom. The van der Waals surface area contributed by atoms with Crippen molar-refractivity contribution in [1.82, 2.24) is 4.72 Å². The molecule has 4 rings (SSSR count). The van der Waals surface area contributed by atoms with Gasteiger partial charge in [0, 0.05) is 6.92 Å². The summed E-state index contributed by atoms with van der Waals surface area (Å²) in [6, 6.07) is 5.96. The Morgan fingerprint density at radius 1 is 1.27 bits per heavy atom. The standard InChI is InChI=1S/C18H24O2.C2H5NO2S/c1-18-9-8-14-13-5-3-12(19)10-11(13)2-4-15(14)16(18)6-7-17(18)20;1-2(4)3-6-5/h3,5,10,14-17,19-20H,2,4,6-9H2,1H3;5H,1H3,(H,3,4). The number of hydrogen-bond acceptors (Lipinski definition) is 5. The Kier molecular flexibility index (Phi) is 5.85. The quantitative estimate of drug-likeness (QED) is 0.439. The number of carbonyl (C=O) groups excluding carboxylic acids is 1. The van der Waals surface area contributed by atoms with Crippen LogP contribution in [0.4, 0.5) is 0 Å². The average Bonchev–Trinajstić information content (AvgIpc) is 2.90. The summed E-state index contributed by atoms with van der Waals surface area (Å²) in [6.45, 7) is 3.64. The normalized spacial score (nSPS) is 34.6. The van der Waals surface area contributed by atoms with Crippen LogP contribution >= 0.6 is 12.2 Å². The molecule has 4 N–H and O–H groups in total. The zero-order chi connectivity index (χ0) is 18.9. The molecule has 0 radical (unpaired) electrons. The van der Waals surface area contributed by atoms with E-state index in [4.69, 9.17) is 4.55 Å². The van der Waals surface area contributed by atoms with E-state index in [1.54, 1.807) is 0 Å². The van der Waals surface area contributed by atoms with Crippen LogP contribution in [0.15, 0.2) is 18.2 Å². The topological polar surface area (TPSA) is 89.8 Å². The van der Waals surface area contributed by atoms with Crippen molar-refractivity contribution < 1.29 is 19.6 Å². The Bertz CT molecular complexity index is 667. The first-order valence-corrected chi connectivity index (χ1v) is 10.2. The fourth-order valence-corrected chi connectivity index (χ4v) is 5.73. The Hall–Kier alpha value is -1.24. The van der Waals surface area contributed by atoms with E-state index in [0.717, 1.165) is 25.2 Å². The van der Waals surface area contributed by atoms with E-state index in [1.165, 1.54) is 37.3 Å². The summed E-state index contributed by atoms with van der Waals surface area (Å²) < 4.78 is 9.86. The number of phenolic OH excluding ortho intramolecular Hbond substituents is 1. The molecule has 144 valence electrons. The van der Waals surface area contributed by atoms with Crippen molar-refractivity contribution in [2.75, 3.05) is 0 Å². The fourth-order valence-electron chi connectivity index (χ4n) is 5.61. The van der Waals surface area contributed by atoms with E-state index in [9.17, 15) is 15.0 Å². The van der Waals surface area contributed by atoms with Crippen molar-refractivity contribution in [2.45, 2.75) is 64.4 Å². The van der Waals surface area contributed by atoms with Gasteiger partial charge in [-0.25, -0.2) is 0 Å². The molecule has 26 heavy (non-hydrogen) atoms. The van der Waals surface area contributed by atoms with Gasteiger partial charge in [-0.2, -0.15) is 0 Å². The van der Waals surface area contributed by atoms with Crippen LogP contribution < -0.4 is 4.72 Å². The molecule has 0 bridgehead atoms. The van der Waals surface area contributed by atoms with Gasteiger partial charge in [0.05, 0.1) is 6.10 Å². The number of rotatable bonds is 1. The van der Waals surface area contributed by atoms with Gasteiger partial charge < -0.3 is 14.8 Å². The maximum atomic E-state index is 10.4. The second-order valence-corrected chi connectivity index (χ2v) is 8.57. The third kappa shape index (κ3) is 3.59. The highest BCUT2D eigenvalue weighted by Gasteiger charge is 2.54. The van der Waals surface area contributed by atoms with Crippen molar-refractivity contribution in [3.8, 4) is 5.75 Å². The molecule has 2 fully saturated rings. The van der Waals surface area contributed by atoms with Crippen LogP contribution in [-0.4, -0.2) is 26.8 Å². The molecular formula is C20H29NO4S. The van der Waals surface area contributed by atoms with Crippen molar-refractivity contribution in [3.63, 3.8) is 0 Å². The molecule has 2 saturated carbocycles. The molecule has 6 heteroatoms. The van der Waals surface area contributed by atoms with E-state index < -0.39 is 0 Å². The first kappa shape index (κ1) is 19.5. The van der Waals surface area contributed by atoms with Gasteiger partial charge in [-0.15, -0.1) is 0 Å². The van der Waals surface area contributed by atoms with E-state index in [1.807, 2.05) is 16.9 Å². The Balaban J connectivity index is 0.000000286. The highest BCUT2D eigenvalue weighted by molar-refractivity contribution is 7.92. The number of carbonyl (C=O) groups is 1. The van der Waals surface area contributed by atoms with Crippen LogP contribution in [0.2, 0.25) is 0 Å². The molecule has 0 aliphatic heterocycles. The maximum absolute atomic E-state index is 10.4. The zero-order valence-electron chi connectivity index (χ0n) is 15.4. The molecule has 0 heterocycles. The number of hydrogen-bond donors (Lipinski definition) is 4. The van der Waals surface area contributed by atoms with Crippen LogP contribution in [0.1, 0.15) is 63.0 Å². The lowest BCUT2D eigenvalue weighted by Gasteiger charge is -2.50. The minimum absolute atomic E-state index is 0.0883. The van der Waals surface area contributed by atoms with Crippen LogP contribution in [-0.2, 0) is 11.2 Å². The number of fused-ring (bicyclic) bond motifs is 5. The van der Waals surface area contributed by atoms with E-state index >= 15 is 0 Å². The van der Waals surface area contributed by atoms with Crippen molar-refractivity contribution in [1.29, 1.82) is 0 Å². The number of aliphatic hydroxyl groups excluding tert-OH is 1. The lowest BCUT2D eigenvalue weighted by molar-refractivity contribution is -0.117. The molecule has 1 aromatic carbocycles. The number of aryl methyl sites for hydroxylation is 1. The van der Waals surface area contributed by atoms with Gasteiger partial charge >= 0.3 is 0 Å². The Labute approximate surface area is 159 Å². The molecular weight excluding hydrogens is 350 g/mol. The predicted octanol–water partition coefficient (Wildman–Crippen LogP) is 3.85. The minimum atomic E-state index is -0.248. The van der Waals surface area contributed by atoms with Gasteiger partial charge in [-0.1, -0.05) is 13.0 Å². The lowest BCUT2D eigenvalue weighted by atomic mass is 9.55. The predicted molar refractivity (Wildman–Crippen MR) is 103 cm³/mol. The van der Waals surface area contributed by atoms with Gasteiger partial charge in [0.15, 0.2) is 0 Å². The summed E-state index contributed by atoms with van der Waals surface area (Å²) in [7, 11) is 0. The van der Waals surface area contributed by atoms with E-state index in [0.29, 0.717) is 29.8 Å². The average molecular weight is 380 g/mol. The number of benzene rings is 1. The molecule has 0 spiro atoms. The first-order valence-electron chi connectivity index (χ1n) is 9.43. The number of amides is 1. The number of aliphatic hydroxyl groups is 1. The van der Waals surface area contributed by atoms with Gasteiger partial charge in [0.2, 0.25) is 5.91 Å². The second kappa shape index (κ2) is 7.79. The molecule has 3 aliphatic rings. The lowest BCUT2D eigenvalue weighted by Crippen LogP contribution is -2.43. The highest BCUT2D eigenvalue weighted by atomic mass is 32.2. The minimum Gasteiger partial charge on any atom is -0.508 e. The summed E-state index contributed by atoms with van der Waals surface area (Å²) >= 11 is 0.310. The second-order valence-electron chi connectivity index (χ2n) is 8.19. The van der Waals surface area contributed by atoms with E-state index in [2.05, 4.69) is 13.0 Å². The van der Waals surface area contributed by atoms with Gasteiger partial charge in [-0.3, -0.25) is 9.52 Å². The molecule has 0 saturated heterocycles. The van der Waals surface area contributed by atoms with Gasteiger partial charge in [0.1, 0.15) is 18.0 Å². The summed E-state index contributed by atoms with van der Waals surface area (Å²) in [4.78, 5) is 9.75. The number of aromatic hydroxyl groups is 1. The summed E-state index contributed by atoms with van der Waals surface area (Å²) in [5, 5.41) is 20.0. The molecule has 1 amide bonds. The molecule has 5 atom stereocenters. The molecule has 5 nitrogen and oxygen atoms in total. The van der Waals surface area contributed by atoms with Gasteiger partial charge in [-0.05, 0) is 85.0 Å². The van der Waals surface area contributed by atoms with Crippen LogP contribution in [0.5, 0.6) is 5.75 Å². The van der Waals surface area contributed by atoms with E-state index in [-0.39, 0.29) is 17.4 Å². The largest absolute Gasteiger partial charge is 0.508 e. The van der Waals surface area contributed by atoms with Crippen LogP contribution in [0.25, 0.3) is 0 Å². The monoisotopic (exact) mass is 379 g/mol. The third-order valence-electron chi connectivity index (χ3n) is 6.85. The van der Waals surface area contributed by atoms with Crippen LogP contribution in [0, 0.1) is 17.3 Å². The molecule has 1 aromatic rings. The Morgan fingerprint density at radius 2 is 2.04 bits per heavy atom.